The Labute approximate surface area is 93.6 Å². The molecule has 0 saturated carbocycles. The molecule has 0 fully saturated rings. The number of halogens is 3. The molecular weight excluding hydrogens is 307 g/mol. The molecule has 0 saturated heterocycles. The largest absolute Gasteiger partial charge is 0.493 e. The quantitative estimate of drug-likeness (QED) is 0.635. The van der Waals surface area contributed by atoms with Crippen LogP contribution in [-0.4, -0.2) is 19.2 Å². The molecule has 6 heteroatoms. The van der Waals surface area contributed by atoms with E-state index in [1.54, 1.807) is 0 Å². The molecule has 0 radical (unpaired) electrons. The van der Waals surface area contributed by atoms with Gasteiger partial charge in [0.25, 0.3) is 6.43 Å². The van der Waals surface area contributed by atoms with E-state index >= 15 is 0 Å². The fourth-order valence-corrected chi connectivity index (χ4v) is 1.71. The highest BCUT2D eigenvalue weighted by Gasteiger charge is 2.17. The third kappa shape index (κ3) is 2.23. The summed E-state index contributed by atoms with van der Waals surface area (Å²) in [4.78, 5) is 3.68. The molecule has 0 amide bonds. The molecule has 0 atom stereocenters. The van der Waals surface area contributed by atoms with Gasteiger partial charge < -0.3 is 9.47 Å². The lowest BCUT2D eigenvalue weighted by molar-refractivity contribution is 0.145. The van der Waals surface area contributed by atoms with Gasteiger partial charge in [-0.1, -0.05) is 0 Å². The van der Waals surface area contributed by atoms with Crippen molar-refractivity contribution in [1.82, 2.24) is 4.98 Å². The summed E-state index contributed by atoms with van der Waals surface area (Å²) in [5, 5.41) is 0. The van der Waals surface area contributed by atoms with Crippen molar-refractivity contribution in [2.24, 2.45) is 0 Å². The topological polar surface area (TPSA) is 31.4 Å². The highest BCUT2D eigenvalue weighted by atomic mass is 127. The van der Waals surface area contributed by atoms with Crippen LogP contribution >= 0.6 is 22.6 Å². The van der Waals surface area contributed by atoms with Crippen molar-refractivity contribution in [1.29, 1.82) is 0 Å². The first-order valence-electron chi connectivity index (χ1n) is 3.66. The van der Waals surface area contributed by atoms with Gasteiger partial charge in [0.15, 0.2) is 11.5 Å². The molecule has 14 heavy (non-hydrogen) atoms. The normalized spacial score (nSPS) is 10.4. The Balaban J connectivity index is 3.24. The van der Waals surface area contributed by atoms with Gasteiger partial charge in [-0.05, 0) is 22.6 Å². The van der Waals surface area contributed by atoms with Crippen LogP contribution in [0.2, 0.25) is 0 Å². The first kappa shape index (κ1) is 11.4. The zero-order valence-corrected chi connectivity index (χ0v) is 9.71. The van der Waals surface area contributed by atoms with Crippen molar-refractivity contribution in [3.05, 3.63) is 15.5 Å². The molecule has 1 rings (SSSR count). The molecule has 3 nitrogen and oxygen atoms in total. The molecular formula is C8H8F2INO2. The van der Waals surface area contributed by atoms with Crippen LogP contribution in [0.4, 0.5) is 8.78 Å². The van der Waals surface area contributed by atoms with Crippen LogP contribution in [0.1, 0.15) is 12.1 Å². The summed E-state index contributed by atoms with van der Waals surface area (Å²) in [7, 11) is 2.83. The Morgan fingerprint density at radius 3 is 2.43 bits per heavy atom. The van der Waals surface area contributed by atoms with E-state index in [0.29, 0.717) is 9.45 Å². The lowest BCUT2D eigenvalue weighted by Crippen LogP contribution is -1.99. The van der Waals surface area contributed by atoms with Crippen molar-refractivity contribution < 1.29 is 18.3 Å². The fraction of sp³-hybridized carbons (Fsp3) is 0.375. The Bertz CT molecular complexity index is 333. The number of alkyl halides is 2. The molecule has 1 aromatic heterocycles. The maximum Gasteiger partial charge on any atom is 0.280 e. The van der Waals surface area contributed by atoms with E-state index in [2.05, 4.69) is 4.98 Å². The number of hydrogen-bond donors (Lipinski definition) is 0. The summed E-state index contributed by atoms with van der Waals surface area (Å²) in [5.74, 6) is 0.639. The predicted octanol–water partition coefficient (Wildman–Crippen LogP) is 2.64. The first-order chi connectivity index (χ1) is 6.60. The van der Waals surface area contributed by atoms with Crippen LogP contribution in [0.15, 0.2) is 6.07 Å². The van der Waals surface area contributed by atoms with E-state index in [0.717, 1.165) is 0 Å². The average molecular weight is 315 g/mol. The van der Waals surface area contributed by atoms with E-state index in [1.807, 2.05) is 22.6 Å². The first-order valence-corrected chi connectivity index (χ1v) is 4.74. The molecule has 0 aliphatic heterocycles. The standard InChI is InChI=1S/C8H8F2INO2/c1-13-5-3-4(7(9)10)12-8(11)6(5)14-2/h3,7H,1-2H3. The van der Waals surface area contributed by atoms with Gasteiger partial charge in [-0.15, -0.1) is 0 Å². The summed E-state index contributed by atoms with van der Waals surface area (Å²) < 4.78 is 34.9. The van der Waals surface area contributed by atoms with E-state index in [4.69, 9.17) is 9.47 Å². The Hall–Kier alpha value is -0.660. The van der Waals surface area contributed by atoms with Crippen LogP contribution in [0.3, 0.4) is 0 Å². The van der Waals surface area contributed by atoms with E-state index in [9.17, 15) is 8.78 Å². The fourth-order valence-electron chi connectivity index (χ4n) is 0.946. The van der Waals surface area contributed by atoms with Crippen LogP contribution in [-0.2, 0) is 0 Å². The summed E-state index contributed by atoms with van der Waals surface area (Å²) in [6.45, 7) is 0. The summed E-state index contributed by atoms with van der Waals surface area (Å²) in [6.07, 6.45) is -2.61. The number of methoxy groups -OCH3 is 2. The molecule has 0 unspecified atom stereocenters. The maximum absolute atomic E-state index is 12.3. The van der Waals surface area contributed by atoms with Gasteiger partial charge in [0, 0.05) is 6.07 Å². The van der Waals surface area contributed by atoms with Crippen molar-refractivity contribution in [3.8, 4) is 11.5 Å². The van der Waals surface area contributed by atoms with E-state index in [-0.39, 0.29) is 11.4 Å². The summed E-state index contributed by atoms with van der Waals surface area (Å²) in [6, 6.07) is 1.17. The minimum absolute atomic E-state index is 0.266. The number of nitrogens with zero attached hydrogens (tertiary/aromatic N) is 1. The molecule has 0 aliphatic carbocycles. The molecule has 0 bridgehead atoms. The minimum Gasteiger partial charge on any atom is -0.493 e. The molecule has 1 heterocycles. The van der Waals surface area contributed by atoms with Gasteiger partial charge in [0.2, 0.25) is 0 Å². The molecule has 0 spiro atoms. The van der Waals surface area contributed by atoms with Crippen molar-refractivity contribution >= 4 is 22.6 Å². The average Bonchev–Trinajstić information content (AvgIpc) is 2.16. The van der Waals surface area contributed by atoms with Gasteiger partial charge in [-0.25, -0.2) is 13.8 Å². The minimum atomic E-state index is -2.61. The number of rotatable bonds is 3. The highest BCUT2D eigenvalue weighted by Crippen LogP contribution is 2.33. The molecule has 78 valence electrons. The van der Waals surface area contributed by atoms with E-state index < -0.39 is 6.43 Å². The van der Waals surface area contributed by atoms with Crippen LogP contribution in [0.5, 0.6) is 11.5 Å². The zero-order chi connectivity index (χ0) is 10.7. The summed E-state index contributed by atoms with van der Waals surface area (Å²) in [5.41, 5.74) is -0.313. The third-order valence-electron chi connectivity index (χ3n) is 1.57. The van der Waals surface area contributed by atoms with Crippen molar-refractivity contribution in [3.63, 3.8) is 0 Å². The number of pyridine rings is 1. The second kappa shape index (κ2) is 4.72. The van der Waals surface area contributed by atoms with Crippen molar-refractivity contribution in [2.75, 3.05) is 14.2 Å². The van der Waals surface area contributed by atoms with Gasteiger partial charge in [-0.3, -0.25) is 0 Å². The lowest BCUT2D eigenvalue weighted by atomic mass is 10.3. The van der Waals surface area contributed by atoms with Crippen LogP contribution in [0, 0.1) is 3.70 Å². The lowest BCUT2D eigenvalue weighted by Gasteiger charge is -2.10. The summed E-state index contributed by atoms with van der Waals surface area (Å²) >= 11 is 1.82. The smallest absolute Gasteiger partial charge is 0.280 e. The Kier molecular flexibility index (Phi) is 3.85. The van der Waals surface area contributed by atoms with Gasteiger partial charge in [-0.2, -0.15) is 0 Å². The highest BCUT2D eigenvalue weighted by molar-refractivity contribution is 14.1. The molecule has 0 aliphatic rings. The van der Waals surface area contributed by atoms with E-state index in [1.165, 1.54) is 20.3 Å². The van der Waals surface area contributed by atoms with Gasteiger partial charge in [0.1, 0.15) is 9.39 Å². The molecule has 0 aromatic carbocycles. The number of ether oxygens (including phenoxy) is 2. The number of hydrogen-bond acceptors (Lipinski definition) is 3. The number of aromatic nitrogens is 1. The Morgan fingerprint density at radius 2 is 2.00 bits per heavy atom. The molecule has 0 N–H and O–H groups in total. The SMILES string of the molecule is COc1cc(C(F)F)nc(I)c1OC. The zero-order valence-electron chi connectivity index (χ0n) is 7.55. The van der Waals surface area contributed by atoms with Crippen molar-refractivity contribution in [2.45, 2.75) is 6.43 Å². The maximum atomic E-state index is 12.3. The van der Waals surface area contributed by atoms with Crippen LogP contribution in [0.25, 0.3) is 0 Å². The monoisotopic (exact) mass is 315 g/mol. The molecule has 1 aromatic rings. The van der Waals surface area contributed by atoms with Gasteiger partial charge in [0.05, 0.1) is 14.2 Å². The Morgan fingerprint density at radius 1 is 1.36 bits per heavy atom. The van der Waals surface area contributed by atoms with Gasteiger partial charge >= 0.3 is 0 Å². The second-order valence-electron chi connectivity index (χ2n) is 2.37. The second-order valence-corrected chi connectivity index (χ2v) is 3.40. The van der Waals surface area contributed by atoms with Crippen LogP contribution < -0.4 is 9.47 Å². The third-order valence-corrected chi connectivity index (χ3v) is 2.30. The predicted molar refractivity (Wildman–Crippen MR) is 55.0 cm³/mol.